The second-order valence-electron chi connectivity index (χ2n) is 25.5. The van der Waals surface area contributed by atoms with Crippen LogP contribution in [0.1, 0.15) is 11.1 Å². The molecule has 12 heteroatoms. The molecule has 0 radical (unpaired) electrons. The van der Waals surface area contributed by atoms with Gasteiger partial charge in [-0.2, -0.15) is 10.5 Å². The summed E-state index contributed by atoms with van der Waals surface area (Å²) in [6.07, 6.45) is 0. The Kier molecular flexibility index (Phi) is 14.7. The molecular weight excluding hydrogens is 1280 g/mol. The second-order valence-corrected chi connectivity index (χ2v) is 25.5. The average molecular weight is 1330 g/mol. The van der Waals surface area contributed by atoms with Gasteiger partial charge in [-0.3, -0.25) is 0 Å². The molecule has 0 bridgehead atoms. The lowest BCUT2D eigenvalue weighted by molar-refractivity contribution is 0.668. The van der Waals surface area contributed by atoms with E-state index in [4.69, 9.17) is 47.6 Å². The largest absolute Gasteiger partial charge is 0.456 e. The number of hydrogen-bond acceptors (Lipinski definition) is 12. The minimum Gasteiger partial charge on any atom is -0.456 e. The second kappa shape index (κ2) is 25.2. The molecule has 0 aliphatic rings. The summed E-state index contributed by atoms with van der Waals surface area (Å²) in [6, 6.07) is 110. The summed E-state index contributed by atoms with van der Waals surface area (Å²) in [6.45, 7) is 0. The van der Waals surface area contributed by atoms with E-state index in [0.29, 0.717) is 46.1 Å². The number of furan rings is 4. The van der Waals surface area contributed by atoms with Crippen molar-refractivity contribution in [2.24, 2.45) is 0 Å². The smallest absolute Gasteiger partial charge is 0.164 e. The zero-order chi connectivity index (χ0) is 69.2. The van der Waals surface area contributed by atoms with Crippen LogP contribution >= 0.6 is 0 Å². The topological polar surface area (TPSA) is 177 Å². The van der Waals surface area contributed by atoms with E-state index in [1.165, 1.54) is 0 Å². The van der Waals surface area contributed by atoms with Crippen LogP contribution in [0.3, 0.4) is 0 Å². The van der Waals surface area contributed by atoms with Gasteiger partial charge >= 0.3 is 0 Å². The van der Waals surface area contributed by atoms with Gasteiger partial charge in [0.15, 0.2) is 34.9 Å². The number of benzene rings is 14. The number of fused-ring (bicyclic) bond motifs is 12. The highest BCUT2D eigenvalue weighted by molar-refractivity contribution is 6.13. The monoisotopic (exact) mass is 1330 g/mol. The van der Waals surface area contributed by atoms with E-state index >= 15 is 0 Å². The molecule has 0 aliphatic heterocycles. The van der Waals surface area contributed by atoms with E-state index in [0.717, 1.165) is 166 Å². The summed E-state index contributed by atoms with van der Waals surface area (Å²) in [5.74, 6) is 3.08. The Balaban J connectivity index is 0.000000143. The van der Waals surface area contributed by atoms with E-state index < -0.39 is 0 Å². The summed E-state index contributed by atoms with van der Waals surface area (Å²) in [7, 11) is 0. The molecular formula is C92H52N8O4. The summed E-state index contributed by atoms with van der Waals surface area (Å²) in [5.41, 5.74) is 20.5. The summed E-state index contributed by atoms with van der Waals surface area (Å²) < 4.78 is 25.4. The van der Waals surface area contributed by atoms with Gasteiger partial charge in [-0.15, -0.1) is 0 Å². The Morgan fingerprint density at radius 1 is 0.192 bits per heavy atom. The number of nitriles is 2. The van der Waals surface area contributed by atoms with Crippen molar-refractivity contribution in [3.63, 3.8) is 0 Å². The van der Waals surface area contributed by atoms with Gasteiger partial charge in [0.2, 0.25) is 0 Å². The minimum absolute atomic E-state index is 0.478. The minimum atomic E-state index is 0.478. The first-order chi connectivity index (χ1) is 51.4. The molecule has 6 heterocycles. The fraction of sp³-hybridized carbons (Fsp3) is 0. The van der Waals surface area contributed by atoms with E-state index in [9.17, 15) is 10.5 Å². The van der Waals surface area contributed by atoms with Crippen molar-refractivity contribution >= 4 is 87.8 Å². The first-order valence-electron chi connectivity index (χ1n) is 34.0. The SMILES string of the molecule is N#Cc1cccc(-c2nc(-c3ccccc3)nc(-c3cc(-c4ccc5oc6ccccc6c5c4)cc(-c4ccc5oc6ccccc6c5c4)c3)n2)c1.N#Cc1cccc(-c2nc(-c3ccccc3)nc(-c3cc(-c4cccc5c4oc4ccccc45)cc(-c4cccc5c4oc4ccccc45)c3)n2)c1. The van der Waals surface area contributed by atoms with Crippen LogP contribution in [0.2, 0.25) is 0 Å². The lowest BCUT2D eigenvalue weighted by Crippen LogP contribution is -2.01. The molecule has 0 spiro atoms. The third kappa shape index (κ3) is 11.0. The molecule has 14 aromatic carbocycles. The Labute approximate surface area is 594 Å². The zero-order valence-corrected chi connectivity index (χ0v) is 55.2. The molecule has 0 unspecified atom stereocenters. The molecule has 0 atom stereocenters. The van der Waals surface area contributed by atoms with Crippen molar-refractivity contribution < 1.29 is 17.7 Å². The van der Waals surface area contributed by atoms with Crippen LogP contribution in [-0.2, 0) is 0 Å². The number of aromatic nitrogens is 6. The van der Waals surface area contributed by atoms with Gasteiger partial charge in [-0.25, -0.2) is 29.9 Å². The highest BCUT2D eigenvalue weighted by atomic mass is 16.3. The summed E-state index contributed by atoms with van der Waals surface area (Å²) in [4.78, 5) is 30.0. The molecule has 0 saturated heterocycles. The molecule has 0 amide bonds. The highest BCUT2D eigenvalue weighted by Crippen LogP contribution is 2.44. The number of rotatable bonds is 10. The molecule has 0 aliphatic carbocycles. The molecule has 0 N–H and O–H groups in total. The Morgan fingerprint density at radius 2 is 0.490 bits per heavy atom. The maximum absolute atomic E-state index is 9.68. The third-order valence-corrected chi connectivity index (χ3v) is 19.1. The van der Waals surface area contributed by atoms with E-state index in [1.54, 1.807) is 18.2 Å². The number of hydrogen-bond donors (Lipinski definition) is 0. The molecule has 6 aromatic heterocycles. The van der Waals surface area contributed by atoms with Crippen LogP contribution in [0, 0.1) is 22.7 Å². The molecule has 484 valence electrons. The van der Waals surface area contributed by atoms with Gasteiger partial charge in [0.25, 0.3) is 0 Å². The predicted octanol–water partition coefficient (Wildman–Crippen LogP) is 23.8. The zero-order valence-electron chi connectivity index (χ0n) is 55.2. The van der Waals surface area contributed by atoms with Gasteiger partial charge in [0, 0.05) is 87.6 Å². The fourth-order valence-corrected chi connectivity index (χ4v) is 14.1. The molecule has 20 rings (SSSR count). The van der Waals surface area contributed by atoms with Crippen molar-refractivity contribution in [3.05, 3.63) is 327 Å². The number of nitrogens with zero attached hydrogens (tertiary/aromatic N) is 8. The van der Waals surface area contributed by atoms with Gasteiger partial charge in [0.1, 0.15) is 44.7 Å². The summed E-state index contributed by atoms with van der Waals surface area (Å²) in [5, 5.41) is 27.8. The van der Waals surface area contributed by atoms with Crippen LogP contribution in [-0.4, -0.2) is 29.9 Å². The van der Waals surface area contributed by atoms with Crippen LogP contribution in [0.25, 0.3) is 201 Å². The molecule has 20 aromatic rings. The number of para-hydroxylation sites is 6. The average Bonchev–Trinajstić information content (AvgIpc) is 1.08. The Morgan fingerprint density at radius 3 is 0.904 bits per heavy atom. The lowest BCUT2D eigenvalue weighted by atomic mass is 9.94. The van der Waals surface area contributed by atoms with Crippen molar-refractivity contribution in [2.75, 3.05) is 0 Å². The third-order valence-electron chi connectivity index (χ3n) is 19.1. The highest BCUT2D eigenvalue weighted by Gasteiger charge is 2.22. The van der Waals surface area contributed by atoms with Crippen LogP contribution < -0.4 is 0 Å². The van der Waals surface area contributed by atoms with Crippen molar-refractivity contribution in [1.29, 1.82) is 10.5 Å². The normalized spacial score (nSPS) is 11.4. The van der Waals surface area contributed by atoms with E-state index in [2.05, 4.69) is 133 Å². The first-order valence-corrected chi connectivity index (χ1v) is 34.0. The lowest BCUT2D eigenvalue weighted by Gasteiger charge is -2.13. The van der Waals surface area contributed by atoms with E-state index in [-0.39, 0.29) is 0 Å². The fourth-order valence-electron chi connectivity index (χ4n) is 14.1. The maximum atomic E-state index is 9.68. The van der Waals surface area contributed by atoms with Crippen molar-refractivity contribution in [2.45, 2.75) is 0 Å². The van der Waals surface area contributed by atoms with Crippen LogP contribution in [0.4, 0.5) is 0 Å². The first kappa shape index (κ1) is 60.5. The molecule has 0 saturated carbocycles. The Bertz CT molecular complexity index is 6650. The van der Waals surface area contributed by atoms with Crippen molar-refractivity contribution in [3.8, 4) is 125 Å². The summed E-state index contributed by atoms with van der Waals surface area (Å²) >= 11 is 0. The van der Waals surface area contributed by atoms with Crippen molar-refractivity contribution in [1.82, 2.24) is 29.9 Å². The molecule has 12 nitrogen and oxygen atoms in total. The van der Waals surface area contributed by atoms with E-state index in [1.807, 2.05) is 176 Å². The van der Waals surface area contributed by atoms with Gasteiger partial charge < -0.3 is 17.7 Å². The Hall–Kier alpha value is -14.7. The maximum Gasteiger partial charge on any atom is 0.164 e. The van der Waals surface area contributed by atoms with Crippen LogP contribution in [0.5, 0.6) is 0 Å². The quantitative estimate of drug-likeness (QED) is 0.127. The molecule has 0 fully saturated rings. The predicted molar refractivity (Wildman–Crippen MR) is 413 cm³/mol. The standard InChI is InChI=1S/2C46H26N4O2/c47-27-28-11-8-14-30(23-28)45-48-44(29-12-2-1-3-13-29)49-46(50-45)33-25-31(34-17-9-19-38-36-15-4-6-21-40(36)51-42(34)38)24-32(26-33)35-18-10-20-39-37-16-5-7-22-41(37)52-43(35)39;47-27-28-9-8-12-32(21-28)45-48-44(29-10-2-1-3-11-29)49-46(50-45)35-23-33(30-17-19-42-38(25-30)36-13-4-6-15-40(36)51-42)22-34(24-35)31-18-20-43-39(26-31)37-14-5-7-16-41(37)52-43/h2*1-26H. The van der Waals surface area contributed by atoms with Gasteiger partial charge in [-0.1, -0.05) is 206 Å². The van der Waals surface area contributed by atoms with Crippen LogP contribution in [0.15, 0.2) is 333 Å². The molecule has 104 heavy (non-hydrogen) atoms. The van der Waals surface area contributed by atoms with Gasteiger partial charge in [-0.05, 0) is 143 Å². The van der Waals surface area contributed by atoms with Gasteiger partial charge in [0.05, 0.1) is 23.3 Å².